The number of pyridine rings is 1. The predicted molar refractivity (Wildman–Crippen MR) is 57.9 cm³/mol. The van der Waals surface area contributed by atoms with Crippen LogP contribution in [0.15, 0.2) is 12.3 Å². The number of H-pyrrole nitrogens is 1. The lowest BCUT2D eigenvalue weighted by molar-refractivity contribution is -0.138. The Kier molecular flexibility index (Phi) is 2.57. The van der Waals surface area contributed by atoms with Gasteiger partial charge in [-0.05, 0) is 18.6 Å². The molecule has 0 aliphatic heterocycles. The molecule has 2 aromatic rings. The summed E-state index contributed by atoms with van der Waals surface area (Å²) in [4.78, 5) is 22.0. The predicted octanol–water partition coefficient (Wildman–Crippen LogP) is 0.221. The molecule has 0 radical (unpaired) electrons. The lowest BCUT2D eigenvalue weighted by atomic mass is 10.1. The normalized spacial score (nSPS) is 12.9. The van der Waals surface area contributed by atoms with E-state index in [4.69, 9.17) is 10.8 Å². The van der Waals surface area contributed by atoms with Gasteiger partial charge in [0.2, 0.25) is 0 Å². The summed E-state index contributed by atoms with van der Waals surface area (Å²) < 4.78 is 0. The molecule has 0 saturated carbocycles. The van der Waals surface area contributed by atoms with Crippen molar-refractivity contribution < 1.29 is 9.90 Å². The fourth-order valence-electron chi connectivity index (χ4n) is 1.57. The summed E-state index contributed by atoms with van der Waals surface area (Å²) in [6.07, 6.45) is 1.86. The highest BCUT2D eigenvalue weighted by Gasteiger charge is 2.15. The Morgan fingerprint density at radius 2 is 2.44 bits per heavy atom. The standard InChI is InChI=1S/C10H12N4O2/c1-5-13-8-6(4-7(11)10(15)16)2-3-12-9(8)14-5/h2-3,7H,4,11H2,1H3,(H,15,16)(H,12,13,14). The summed E-state index contributed by atoms with van der Waals surface area (Å²) in [5.74, 6) is -0.264. The van der Waals surface area contributed by atoms with Gasteiger partial charge in [0.15, 0.2) is 5.65 Å². The van der Waals surface area contributed by atoms with E-state index in [2.05, 4.69) is 15.0 Å². The van der Waals surface area contributed by atoms with Crippen LogP contribution in [0.3, 0.4) is 0 Å². The van der Waals surface area contributed by atoms with E-state index in [0.717, 1.165) is 16.9 Å². The molecular formula is C10H12N4O2. The number of aromatic nitrogens is 3. The molecule has 2 aromatic heterocycles. The summed E-state index contributed by atoms with van der Waals surface area (Å²) in [5.41, 5.74) is 7.66. The molecule has 0 saturated heterocycles. The quantitative estimate of drug-likeness (QED) is 0.686. The average molecular weight is 220 g/mol. The summed E-state index contributed by atoms with van der Waals surface area (Å²) >= 11 is 0. The van der Waals surface area contributed by atoms with Crippen molar-refractivity contribution in [2.24, 2.45) is 5.73 Å². The van der Waals surface area contributed by atoms with Crippen LogP contribution in [0.2, 0.25) is 0 Å². The molecule has 0 aliphatic rings. The number of rotatable bonds is 3. The van der Waals surface area contributed by atoms with Gasteiger partial charge >= 0.3 is 5.97 Å². The van der Waals surface area contributed by atoms with Crippen LogP contribution in [0.5, 0.6) is 0 Å². The van der Waals surface area contributed by atoms with Crippen LogP contribution in [0.25, 0.3) is 11.2 Å². The monoisotopic (exact) mass is 220 g/mol. The molecule has 1 atom stereocenters. The minimum absolute atomic E-state index is 0.260. The van der Waals surface area contributed by atoms with Crippen LogP contribution >= 0.6 is 0 Å². The van der Waals surface area contributed by atoms with Crippen LogP contribution in [-0.4, -0.2) is 32.1 Å². The van der Waals surface area contributed by atoms with Crippen LogP contribution in [-0.2, 0) is 11.2 Å². The van der Waals surface area contributed by atoms with Crippen LogP contribution in [0, 0.1) is 6.92 Å². The summed E-state index contributed by atoms with van der Waals surface area (Å²) in [6.45, 7) is 1.82. The van der Waals surface area contributed by atoms with Crippen molar-refractivity contribution in [2.45, 2.75) is 19.4 Å². The smallest absolute Gasteiger partial charge is 0.320 e. The van der Waals surface area contributed by atoms with Gasteiger partial charge in [0.05, 0.1) is 5.52 Å². The fraction of sp³-hybridized carbons (Fsp3) is 0.300. The topological polar surface area (TPSA) is 105 Å². The zero-order valence-corrected chi connectivity index (χ0v) is 8.77. The number of carboxylic acid groups (broad SMARTS) is 1. The second kappa shape index (κ2) is 3.90. The maximum atomic E-state index is 10.7. The molecular weight excluding hydrogens is 208 g/mol. The number of hydrogen-bond donors (Lipinski definition) is 3. The maximum absolute atomic E-state index is 10.7. The number of fused-ring (bicyclic) bond motifs is 1. The minimum atomic E-state index is -1.01. The van der Waals surface area contributed by atoms with E-state index in [1.807, 2.05) is 6.92 Å². The van der Waals surface area contributed by atoms with Crippen molar-refractivity contribution in [2.75, 3.05) is 0 Å². The Hall–Kier alpha value is -1.95. The Morgan fingerprint density at radius 1 is 1.69 bits per heavy atom. The molecule has 6 nitrogen and oxygen atoms in total. The van der Waals surface area contributed by atoms with Crippen molar-refractivity contribution in [1.82, 2.24) is 15.0 Å². The van der Waals surface area contributed by atoms with E-state index in [9.17, 15) is 4.79 Å². The molecule has 1 unspecified atom stereocenters. The molecule has 0 aliphatic carbocycles. The zero-order valence-electron chi connectivity index (χ0n) is 8.77. The zero-order chi connectivity index (χ0) is 11.7. The van der Waals surface area contributed by atoms with Gasteiger partial charge < -0.3 is 15.8 Å². The van der Waals surface area contributed by atoms with Gasteiger partial charge in [-0.3, -0.25) is 4.79 Å². The molecule has 6 heteroatoms. The number of carboxylic acids is 1. The van der Waals surface area contributed by atoms with E-state index < -0.39 is 12.0 Å². The number of imidazole rings is 1. The molecule has 2 heterocycles. The first kappa shape index (κ1) is 10.6. The van der Waals surface area contributed by atoms with Crippen molar-refractivity contribution in [3.8, 4) is 0 Å². The molecule has 84 valence electrons. The highest BCUT2D eigenvalue weighted by Crippen LogP contribution is 2.15. The van der Waals surface area contributed by atoms with E-state index in [0.29, 0.717) is 5.65 Å². The lowest BCUT2D eigenvalue weighted by Crippen LogP contribution is -2.32. The van der Waals surface area contributed by atoms with E-state index in [-0.39, 0.29) is 6.42 Å². The van der Waals surface area contributed by atoms with Gasteiger partial charge in [-0.25, -0.2) is 9.97 Å². The summed E-state index contributed by atoms with van der Waals surface area (Å²) in [5, 5.41) is 8.75. The Morgan fingerprint density at radius 3 is 3.12 bits per heavy atom. The molecule has 0 spiro atoms. The van der Waals surface area contributed by atoms with Crippen molar-refractivity contribution in [1.29, 1.82) is 0 Å². The second-order valence-corrected chi connectivity index (χ2v) is 3.64. The largest absolute Gasteiger partial charge is 0.480 e. The van der Waals surface area contributed by atoms with Crippen LogP contribution < -0.4 is 5.73 Å². The number of carbonyl (C=O) groups is 1. The van der Waals surface area contributed by atoms with E-state index >= 15 is 0 Å². The first-order valence-corrected chi connectivity index (χ1v) is 4.86. The summed E-state index contributed by atoms with van der Waals surface area (Å²) in [6, 6.07) is 0.845. The van der Waals surface area contributed by atoms with Gasteiger partial charge in [-0.2, -0.15) is 0 Å². The number of nitrogens with one attached hydrogen (secondary N) is 1. The number of aromatic amines is 1. The molecule has 2 rings (SSSR count). The van der Waals surface area contributed by atoms with E-state index in [1.54, 1.807) is 12.3 Å². The fourth-order valence-corrected chi connectivity index (χ4v) is 1.57. The summed E-state index contributed by atoms with van der Waals surface area (Å²) in [7, 11) is 0. The lowest BCUT2D eigenvalue weighted by Gasteiger charge is -2.06. The number of nitrogens with zero attached hydrogens (tertiary/aromatic N) is 2. The molecule has 0 amide bonds. The Labute approximate surface area is 91.5 Å². The molecule has 0 fully saturated rings. The van der Waals surface area contributed by atoms with Gasteiger partial charge in [-0.15, -0.1) is 0 Å². The van der Waals surface area contributed by atoms with Gasteiger partial charge in [-0.1, -0.05) is 0 Å². The molecule has 0 aromatic carbocycles. The van der Waals surface area contributed by atoms with Crippen molar-refractivity contribution in [3.05, 3.63) is 23.7 Å². The number of nitrogens with two attached hydrogens (primary N) is 1. The van der Waals surface area contributed by atoms with Crippen molar-refractivity contribution in [3.63, 3.8) is 0 Å². The van der Waals surface area contributed by atoms with E-state index in [1.165, 1.54) is 0 Å². The first-order chi connectivity index (χ1) is 7.58. The highest BCUT2D eigenvalue weighted by atomic mass is 16.4. The third-order valence-electron chi connectivity index (χ3n) is 2.35. The number of aliphatic carboxylic acids is 1. The molecule has 16 heavy (non-hydrogen) atoms. The molecule has 4 N–H and O–H groups in total. The number of hydrogen-bond acceptors (Lipinski definition) is 4. The van der Waals surface area contributed by atoms with Crippen LogP contribution in [0.1, 0.15) is 11.4 Å². The maximum Gasteiger partial charge on any atom is 0.320 e. The number of aryl methyl sites for hydroxylation is 1. The van der Waals surface area contributed by atoms with Crippen LogP contribution in [0.4, 0.5) is 0 Å². The highest BCUT2D eigenvalue weighted by molar-refractivity contribution is 5.78. The second-order valence-electron chi connectivity index (χ2n) is 3.64. The van der Waals surface area contributed by atoms with Crippen molar-refractivity contribution >= 4 is 17.1 Å². The van der Waals surface area contributed by atoms with Gasteiger partial charge in [0.25, 0.3) is 0 Å². The third kappa shape index (κ3) is 1.87. The van der Waals surface area contributed by atoms with Gasteiger partial charge in [0.1, 0.15) is 11.9 Å². The SMILES string of the molecule is Cc1nc2nccc(CC(N)C(=O)O)c2[nH]1. The first-order valence-electron chi connectivity index (χ1n) is 4.86. The Bertz CT molecular complexity index is 535. The average Bonchev–Trinajstić information content (AvgIpc) is 2.59. The Balaban J connectivity index is 2.40. The van der Waals surface area contributed by atoms with Gasteiger partial charge in [0, 0.05) is 12.6 Å². The minimum Gasteiger partial charge on any atom is -0.480 e. The third-order valence-corrected chi connectivity index (χ3v) is 2.35. The molecule has 0 bridgehead atoms.